The molecule has 0 aliphatic heterocycles. The summed E-state index contributed by atoms with van der Waals surface area (Å²) in [5.41, 5.74) is 16.5. The number of rotatable bonds is 2. The van der Waals surface area contributed by atoms with Gasteiger partial charge in [-0.15, -0.1) is 11.3 Å². The number of hydrogen-bond acceptors (Lipinski definition) is 2. The van der Waals surface area contributed by atoms with Gasteiger partial charge < -0.3 is 4.42 Å². The van der Waals surface area contributed by atoms with Crippen LogP contribution < -0.4 is 0 Å². The van der Waals surface area contributed by atoms with Crippen LogP contribution in [0.5, 0.6) is 0 Å². The minimum Gasteiger partial charge on any atom is -0.455 e. The standard InChI is InChI=1S/C48H28OS/c1-2-12-34-33(11-1)35-13-3-4-15-37(35)39-25-23-29(27-43(39)38-16-6-5-14-36(34)38)31-18-9-20-41-44-28-30(24-26-45(44)49-47(31)41)32-19-10-21-42-40-17-7-8-22-46(40)50-48(32)42/h1-28H. The highest BCUT2D eigenvalue weighted by Gasteiger charge is 2.23. The summed E-state index contributed by atoms with van der Waals surface area (Å²) < 4.78 is 9.37. The second-order valence-electron chi connectivity index (χ2n) is 13.2. The predicted octanol–water partition coefficient (Wildman–Crippen LogP) is 14.3. The molecule has 0 unspecified atom stereocenters. The molecule has 1 aliphatic carbocycles. The van der Waals surface area contributed by atoms with Gasteiger partial charge in [0.2, 0.25) is 0 Å². The van der Waals surface area contributed by atoms with Gasteiger partial charge >= 0.3 is 0 Å². The van der Waals surface area contributed by atoms with Crippen LogP contribution in [0.2, 0.25) is 0 Å². The van der Waals surface area contributed by atoms with E-state index >= 15 is 0 Å². The first kappa shape index (κ1) is 27.7. The van der Waals surface area contributed by atoms with Gasteiger partial charge in [-0.3, -0.25) is 0 Å². The molecule has 1 nitrogen and oxygen atoms in total. The number of para-hydroxylation sites is 1. The lowest BCUT2D eigenvalue weighted by Crippen LogP contribution is -1.97. The molecule has 8 aromatic carbocycles. The Balaban J connectivity index is 1.11. The Morgan fingerprint density at radius 1 is 0.320 bits per heavy atom. The Bertz CT molecular complexity index is 2990. The topological polar surface area (TPSA) is 13.1 Å². The van der Waals surface area contributed by atoms with Gasteiger partial charge in [0.25, 0.3) is 0 Å². The highest BCUT2D eigenvalue weighted by molar-refractivity contribution is 7.26. The fraction of sp³-hybridized carbons (Fsp3) is 0. The summed E-state index contributed by atoms with van der Waals surface area (Å²) in [6, 6.07) is 62.0. The zero-order valence-corrected chi connectivity index (χ0v) is 27.8. The molecule has 2 heterocycles. The summed E-state index contributed by atoms with van der Waals surface area (Å²) in [5, 5.41) is 4.91. The fourth-order valence-corrected chi connectivity index (χ4v) is 9.43. The van der Waals surface area contributed by atoms with Crippen molar-refractivity contribution in [3.8, 4) is 66.8 Å². The van der Waals surface area contributed by atoms with E-state index in [0.29, 0.717) is 0 Å². The van der Waals surface area contributed by atoms with E-state index in [1.54, 1.807) is 0 Å². The maximum Gasteiger partial charge on any atom is 0.143 e. The Morgan fingerprint density at radius 2 is 0.820 bits per heavy atom. The molecule has 0 amide bonds. The summed E-state index contributed by atoms with van der Waals surface area (Å²) in [6.07, 6.45) is 0. The molecule has 0 fully saturated rings. The number of fused-ring (bicyclic) bond motifs is 14. The molecule has 11 rings (SSSR count). The lowest BCUT2D eigenvalue weighted by Gasteiger charge is -2.23. The molecule has 0 atom stereocenters. The molecule has 0 saturated carbocycles. The third-order valence-corrected chi connectivity index (χ3v) is 11.7. The normalized spacial score (nSPS) is 12.0. The summed E-state index contributed by atoms with van der Waals surface area (Å²) in [4.78, 5) is 0. The van der Waals surface area contributed by atoms with Crippen LogP contribution in [0.1, 0.15) is 0 Å². The van der Waals surface area contributed by atoms with Crippen molar-refractivity contribution < 1.29 is 4.42 Å². The van der Waals surface area contributed by atoms with E-state index < -0.39 is 0 Å². The zero-order valence-electron chi connectivity index (χ0n) is 27.0. The third kappa shape index (κ3) is 4.00. The van der Waals surface area contributed by atoms with Gasteiger partial charge in [0.05, 0.1) is 0 Å². The van der Waals surface area contributed by atoms with Crippen LogP contribution in [-0.2, 0) is 0 Å². The van der Waals surface area contributed by atoms with Crippen LogP contribution in [0.25, 0.3) is 109 Å². The monoisotopic (exact) mass is 652 g/mol. The molecule has 2 aromatic heterocycles. The van der Waals surface area contributed by atoms with Crippen molar-refractivity contribution in [1.82, 2.24) is 0 Å². The van der Waals surface area contributed by atoms with Gasteiger partial charge in [0.1, 0.15) is 11.2 Å². The van der Waals surface area contributed by atoms with E-state index in [-0.39, 0.29) is 0 Å². The van der Waals surface area contributed by atoms with Crippen LogP contribution in [0.3, 0.4) is 0 Å². The maximum absolute atomic E-state index is 6.73. The van der Waals surface area contributed by atoms with Crippen LogP contribution in [-0.4, -0.2) is 0 Å². The second kappa shape index (κ2) is 10.6. The highest BCUT2D eigenvalue weighted by atomic mass is 32.1. The molecule has 50 heavy (non-hydrogen) atoms. The highest BCUT2D eigenvalue weighted by Crippen LogP contribution is 2.49. The Kier molecular flexibility index (Phi) is 5.89. The van der Waals surface area contributed by atoms with Gasteiger partial charge in [0.15, 0.2) is 0 Å². The zero-order chi connectivity index (χ0) is 32.8. The van der Waals surface area contributed by atoms with Crippen molar-refractivity contribution in [3.63, 3.8) is 0 Å². The summed E-state index contributed by atoms with van der Waals surface area (Å²) in [5.74, 6) is 0. The van der Waals surface area contributed by atoms with E-state index in [4.69, 9.17) is 4.42 Å². The van der Waals surface area contributed by atoms with Crippen molar-refractivity contribution in [1.29, 1.82) is 0 Å². The molecule has 0 spiro atoms. The fourth-order valence-electron chi connectivity index (χ4n) is 8.20. The van der Waals surface area contributed by atoms with Crippen molar-refractivity contribution >= 4 is 53.4 Å². The Morgan fingerprint density at radius 3 is 1.52 bits per heavy atom. The first-order chi connectivity index (χ1) is 24.8. The minimum absolute atomic E-state index is 0.904. The molecular formula is C48H28OS. The van der Waals surface area contributed by atoms with E-state index in [0.717, 1.165) is 33.1 Å². The number of furan rings is 1. The van der Waals surface area contributed by atoms with Gasteiger partial charge in [-0.25, -0.2) is 0 Å². The lowest BCUT2D eigenvalue weighted by atomic mass is 9.80. The van der Waals surface area contributed by atoms with Gasteiger partial charge in [-0.05, 0) is 85.5 Å². The van der Waals surface area contributed by atoms with Gasteiger partial charge in [0, 0.05) is 36.5 Å². The second-order valence-corrected chi connectivity index (χ2v) is 14.2. The number of benzene rings is 8. The molecule has 1 aliphatic rings. The molecule has 0 bridgehead atoms. The first-order valence-corrected chi connectivity index (χ1v) is 17.9. The average molecular weight is 653 g/mol. The molecule has 0 N–H and O–H groups in total. The molecule has 2 heteroatoms. The summed E-state index contributed by atoms with van der Waals surface area (Å²) in [7, 11) is 0. The summed E-state index contributed by atoms with van der Waals surface area (Å²) in [6.45, 7) is 0. The van der Waals surface area contributed by atoms with Gasteiger partial charge in [-0.2, -0.15) is 0 Å². The van der Waals surface area contributed by atoms with Crippen LogP contribution in [0, 0.1) is 0 Å². The summed E-state index contributed by atoms with van der Waals surface area (Å²) >= 11 is 1.87. The van der Waals surface area contributed by atoms with Crippen molar-refractivity contribution in [2.75, 3.05) is 0 Å². The van der Waals surface area contributed by atoms with Crippen LogP contribution in [0.15, 0.2) is 174 Å². The van der Waals surface area contributed by atoms with Crippen LogP contribution >= 0.6 is 11.3 Å². The SMILES string of the molecule is c1ccc2c(c1)-c1ccccc1-c1ccc(-c3cccc4c3oc3ccc(-c5cccc6c5sc5ccccc56)cc34)cc1-c1ccccc1-2. The largest absolute Gasteiger partial charge is 0.455 e. The molecule has 10 aromatic rings. The molecule has 232 valence electrons. The quantitative estimate of drug-likeness (QED) is 0.181. The van der Waals surface area contributed by atoms with Crippen molar-refractivity contribution in [2.45, 2.75) is 0 Å². The van der Waals surface area contributed by atoms with Crippen molar-refractivity contribution in [3.05, 3.63) is 170 Å². The maximum atomic E-state index is 6.73. The predicted molar refractivity (Wildman–Crippen MR) is 213 cm³/mol. The smallest absolute Gasteiger partial charge is 0.143 e. The van der Waals surface area contributed by atoms with Crippen molar-refractivity contribution in [2.24, 2.45) is 0 Å². The Labute approximate surface area is 293 Å². The molecule has 0 saturated heterocycles. The Hall–Kier alpha value is -6.22. The first-order valence-electron chi connectivity index (χ1n) is 17.1. The minimum atomic E-state index is 0.904. The number of thiophene rings is 1. The van der Waals surface area contributed by atoms with Gasteiger partial charge in [-0.1, -0.05) is 146 Å². The average Bonchev–Trinajstić information content (AvgIpc) is 3.75. The third-order valence-electron chi connectivity index (χ3n) is 10.5. The van der Waals surface area contributed by atoms with E-state index in [1.165, 1.54) is 75.8 Å². The van der Waals surface area contributed by atoms with E-state index in [2.05, 4.69) is 170 Å². The van der Waals surface area contributed by atoms with Crippen LogP contribution in [0.4, 0.5) is 0 Å². The molecular weight excluding hydrogens is 625 g/mol. The number of hydrogen-bond donors (Lipinski definition) is 0. The molecule has 0 radical (unpaired) electrons. The van der Waals surface area contributed by atoms with E-state index in [9.17, 15) is 0 Å². The lowest BCUT2D eigenvalue weighted by molar-refractivity contribution is 0.670. The van der Waals surface area contributed by atoms with E-state index in [1.807, 2.05) is 11.3 Å².